The predicted octanol–water partition coefficient (Wildman–Crippen LogP) is 1.71. The molecule has 2 N–H and O–H groups in total. The molecule has 0 aromatic heterocycles. The number of likely N-dealkylation sites (N-methyl/N-ethyl adjacent to an activating group) is 1. The highest BCUT2D eigenvalue weighted by atomic mass is 32.1. The minimum Gasteiger partial charge on any atom is -0.484 e. The zero-order chi connectivity index (χ0) is 14.6. The maximum absolute atomic E-state index is 13.6. The van der Waals surface area contributed by atoms with Crippen LogP contribution in [0.3, 0.4) is 0 Å². The average Bonchev–Trinajstić information content (AvgIpc) is 2.34. The second-order valence-corrected chi connectivity index (χ2v) is 4.83. The minimum atomic E-state index is -0.560. The van der Waals surface area contributed by atoms with Gasteiger partial charge in [-0.1, -0.05) is 12.2 Å². The molecule has 0 radical (unpaired) electrons. The molecule has 0 bridgehead atoms. The van der Waals surface area contributed by atoms with Gasteiger partial charge in [0.1, 0.15) is 16.6 Å². The highest BCUT2D eigenvalue weighted by Gasteiger charge is 2.13. The Kier molecular flexibility index (Phi) is 5.23. The highest BCUT2D eigenvalue weighted by Crippen LogP contribution is 2.16. The number of ether oxygens (including phenoxy) is 1. The summed E-state index contributed by atoms with van der Waals surface area (Å²) in [5.74, 6) is -0.466. The van der Waals surface area contributed by atoms with Crippen molar-refractivity contribution in [2.75, 3.05) is 13.7 Å². The number of benzene rings is 1. The molecule has 6 heteroatoms. The monoisotopic (exact) mass is 284 g/mol. The molecular weight excluding hydrogens is 267 g/mol. The third kappa shape index (κ3) is 4.17. The molecule has 0 unspecified atom stereocenters. The van der Waals surface area contributed by atoms with Gasteiger partial charge in [0.2, 0.25) is 0 Å². The van der Waals surface area contributed by atoms with Crippen molar-refractivity contribution in [1.82, 2.24) is 4.90 Å². The fraction of sp³-hybridized carbons (Fsp3) is 0.385. The summed E-state index contributed by atoms with van der Waals surface area (Å²) >= 11 is 4.70. The topological polar surface area (TPSA) is 55.6 Å². The Morgan fingerprint density at radius 3 is 2.63 bits per heavy atom. The van der Waals surface area contributed by atoms with Gasteiger partial charge in [0.15, 0.2) is 6.61 Å². The van der Waals surface area contributed by atoms with E-state index in [0.717, 1.165) is 6.07 Å². The first-order valence-corrected chi connectivity index (χ1v) is 6.21. The van der Waals surface area contributed by atoms with Crippen molar-refractivity contribution in [3.05, 3.63) is 29.6 Å². The van der Waals surface area contributed by atoms with E-state index in [1.807, 2.05) is 13.8 Å². The van der Waals surface area contributed by atoms with E-state index in [9.17, 15) is 9.18 Å². The van der Waals surface area contributed by atoms with Crippen molar-refractivity contribution in [2.24, 2.45) is 5.73 Å². The van der Waals surface area contributed by atoms with Crippen LogP contribution in [0.1, 0.15) is 19.4 Å². The molecule has 0 heterocycles. The fourth-order valence-electron chi connectivity index (χ4n) is 1.32. The number of carbonyl (C=O) groups excluding carboxylic acids is 1. The zero-order valence-electron chi connectivity index (χ0n) is 11.1. The number of carbonyl (C=O) groups is 1. The fourth-order valence-corrected chi connectivity index (χ4v) is 1.49. The van der Waals surface area contributed by atoms with E-state index >= 15 is 0 Å². The molecule has 0 saturated heterocycles. The average molecular weight is 284 g/mol. The Hall–Kier alpha value is -1.69. The first kappa shape index (κ1) is 15.4. The van der Waals surface area contributed by atoms with Gasteiger partial charge in [-0.05, 0) is 26.0 Å². The van der Waals surface area contributed by atoms with Gasteiger partial charge in [-0.2, -0.15) is 0 Å². The summed E-state index contributed by atoms with van der Waals surface area (Å²) in [6, 6.07) is 4.21. The summed E-state index contributed by atoms with van der Waals surface area (Å²) in [6.07, 6.45) is 0. The summed E-state index contributed by atoms with van der Waals surface area (Å²) in [7, 11) is 1.69. The van der Waals surface area contributed by atoms with Gasteiger partial charge >= 0.3 is 0 Å². The van der Waals surface area contributed by atoms with E-state index in [2.05, 4.69) is 0 Å². The summed E-state index contributed by atoms with van der Waals surface area (Å²) in [6.45, 7) is 3.66. The molecule has 1 amide bonds. The third-order valence-corrected chi connectivity index (χ3v) is 2.96. The lowest BCUT2D eigenvalue weighted by Crippen LogP contribution is -2.36. The molecule has 0 aliphatic rings. The van der Waals surface area contributed by atoms with Crippen LogP contribution >= 0.6 is 12.2 Å². The number of hydrogen-bond donors (Lipinski definition) is 1. The van der Waals surface area contributed by atoms with Crippen molar-refractivity contribution in [1.29, 1.82) is 0 Å². The molecule has 4 nitrogen and oxygen atoms in total. The van der Waals surface area contributed by atoms with E-state index in [-0.39, 0.29) is 34.9 Å². The van der Waals surface area contributed by atoms with E-state index in [1.165, 1.54) is 12.1 Å². The van der Waals surface area contributed by atoms with Crippen LogP contribution in [-0.2, 0) is 4.79 Å². The summed E-state index contributed by atoms with van der Waals surface area (Å²) in [5, 5.41) is 0. The molecule has 0 aliphatic heterocycles. The van der Waals surface area contributed by atoms with Crippen LogP contribution in [0.25, 0.3) is 0 Å². The van der Waals surface area contributed by atoms with Gasteiger partial charge in [-0.15, -0.1) is 0 Å². The Morgan fingerprint density at radius 1 is 1.53 bits per heavy atom. The Bertz CT molecular complexity index is 492. The number of nitrogens with zero attached hydrogens (tertiary/aromatic N) is 1. The lowest BCUT2D eigenvalue weighted by Gasteiger charge is -2.21. The van der Waals surface area contributed by atoms with Gasteiger partial charge in [0, 0.05) is 24.7 Å². The van der Waals surface area contributed by atoms with Gasteiger partial charge in [-0.3, -0.25) is 4.79 Å². The lowest BCUT2D eigenvalue weighted by molar-refractivity contribution is -0.133. The number of hydrogen-bond acceptors (Lipinski definition) is 3. The number of rotatable bonds is 5. The van der Waals surface area contributed by atoms with Crippen LogP contribution in [0.15, 0.2) is 18.2 Å². The van der Waals surface area contributed by atoms with Crippen molar-refractivity contribution in [2.45, 2.75) is 19.9 Å². The molecule has 0 spiro atoms. The van der Waals surface area contributed by atoms with Crippen molar-refractivity contribution in [3.8, 4) is 5.75 Å². The largest absolute Gasteiger partial charge is 0.484 e. The quantitative estimate of drug-likeness (QED) is 0.836. The van der Waals surface area contributed by atoms with E-state index in [1.54, 1.807) is 11.9 Å². The normalized spacial score (nSPS) is 10.4. The van der Waals surface area contributed by atoms with E-state index in [4.69, 9.17) is 22.7 Å². The third-order valence-electron chi connectivity index (χ3n) is 2.74. The number of nitrogens with two attached hydrogens (primary N) is 1. The lowest BCUT2D eigenvalue weighted by atomic mass is 10.2. The molecule has 0 saturated carbocycles. The zero-order valence-corrected chi connectivity index (χ0v) is 12.0. The van der Waals surface area contributed by atoms with Gasteiger partial charge in [0.05, 0.1) is 0 Å². The van der Waals surface area contributed by atoms with Crippen molar-refractivity contribution in [3.63, 3.8) is 0 Å². The molecule has 0 aliphatic carbocycles. The Balaban J connectivity index is 2.67. The molecule has 1 rings (SSSR count). The number of thiocarbonyl (C=S) groups is 1. The molecule has 1 aromatic carbocycles. The Labute approximate surface area is 117 Å². The second-order valence-electron chi connectivity index (χ2n) is 4.39. The van der Waals surface area contributed by atoms with Crippen LogP contribution < -0.4 is 10.5 Å². The first-order chi connectivity index (χ1) is 8.82. The van der Waals surface area contributed by atoms with Gasteiger partial charge in [-0.25, -0.2) is 4.39 Å². The van der Waals surface area contributed by atoms with Crippen LogP contribution in [0.2, 0.25) is 0 Å². The first-order valence-electron chi connectivity index (χ1n) is 5.80. The van der Waals surface area contributed by atoms with E-state index < -0.39 is 5.82 Å². The SMILES string of the molecule is CC(C)N(C)C(=O)COc1ccc(C(N)=S)c(F)c1. The second kappa shape index (κ2) is 6.47. The molecular formula is C13H17FN2O2S. The molecule has 19 heavy (non-hydrogen) atoms. The van der Waals surface area contributed by atoms with E-state index in [0.29, 0.717) is 0 Å². The highest BCUT2D eigenvalue weighted by molar-refractivity contribution is 7.80. The summed E-state index contributed by atoms with van der Waals surface area (Å²) in [4.78, 5) is 13.2. The van der Waals surface area contributed by atoms with Crippen LogP contribution in [0.4, 0.5) is 4.39 Å². The molecule has 0 atom stereocenters. The number of amides is 1. The van der Waals surface area contributed by atoms with Gasteiger partial charge < -0.3 is 15.4 Å². The summed E-state index contributed by atoms with van der Waals surface area (Å²) in [5.41, 5.74) is 5.51. The maximum Gasteiger partial charge on any atom is 0.260 e. The molecule has 1 aromatic rings. The van der Waals surface area contributed by atoms with Crippen LogP contribution in [0, 0.1) is 5.82 Å². The van der Waals surface area contributed by atoms with Gasteiger partial charge in [0.25, 0.3) is 5.91 Å². The van der Waals surface area contributed by atoms with Crippen molar-refractivity contribution < 1.29 is 13.9 Å². The minimum absolute atomic E-state index is 0.0142. The summed E-state index contributed by atoms with van der Waals surface area (Å²) < 4.78 is 18.8. The maximum atomic E-state index is 13.6. The van der Waals surface area contributed by atoms with Crippen molar-refractivity contribution >= 4 is 23.1 Å². The van der Waals surface area contributed by atoms with Crippen LogP contribution in [0.5, 0.6) is 5.75 Å². The molecule has 104 valence electrons. The Morgan fingerprint density at radius 2 is 2.16 bits per heavy atom. The molecule has 0 fully saturated rings. The number of halogens is 1. The predicted molar refractivity (Wildman–Crippen MR) is 75.7 cm³/mol. The standard InChI is InChI=1S/C13H17FN2O2S/c1-8(2)16(3)12(17)7-18-9-4-5-10(13(15)19)11(14)6-9/h4-6,8H,7H2,1-3H3,(H2,15,19). The smallest absolute Gasteiger partial charge is 0.260 e. The van der Waals surface area contributed by atoms with Crippen LogP contribution in [-0.4, -0.2) is 35.5 Å².